The van der Waals surface area contributed by atoms with Gasteiger partial charge in [0, 0.05) is 13.8 Å². The molecule has 4 nitrogen and oxygen atoms in total. The fourth-order valence-corrected chi connectivity index (χ4v) is 1.41. The first kappa shape index (κ1) is 16.7. The molecule has 0 aliphatic heterocycles. The SMILES string of the molecule is CC(=O)OCCC/C=C\CCCCCOC(C)=O. The third kappa shape index (κ3) is 14.7. The largest absolute Gasteiger partial charge is 0.466 e. The van der Waals surface area contributed by atoms with Crippen molar-refractivity contribution in [1.82, 2.24) is 0 Å². The predicted octanol–water partition coefficient (Wildman–Crippen LogP) is 3.01. The molecule has 0 unspecified atom stereocenters. The van der Waals surface area contributed by atoms with Crippen LogP contribution in [0.15, 0.2) is 12.2 Å². The molecule has 18 heavy (non-hydrogen) atoms. The van der Waals surface area contributed by atoms with Crippen LogP contribution >= 0.6 is 0 Å². The molecule has 0 spiro atoms. The summed E-state index contributed by atoms with van der Waals surface area (Å²) >= 11 is 0. The Balaban J connectivity index is 3.13. The van der Waals surface area contributed by atoms with Crippen molar-refractivity contribution in [1.29, 1.82) is 0 Å². The second-order valence-corrected chi connectivity index (χ2v) is 4.14. The van der Waals surface area contributed by atoms with Crippen LogP contribution in [0.25, 0.3) is 0 Å². The van der Waals surface area contributed by atoms with Gasteiger partial charge in [0.1, 0.15) is 0 Å². The van der Waals surface area contributed by atoms with Crippen molar-refractivity contribution in [3.8, 4) is 0 Å². The molecular weight excluding hydrogens is 232 g/mol. The van der Waals surface area contributed by atoms with Gasteiger partial charge in [-0.1, -0.05) is 12.2 Å². The van der Waals surface area contributed by atoms with Crippen LogP contribution in [0.5, 0.6) is 0 Å². The maximum Gasteiger partial charge on any atom is 0.302 e. The van der Waals surface area contributed by atoms with Crippen LogP contribution in [-0.2, 0) is 19.1 Å². The van der Waals surface area contributed by atoms with Gasteiger partial charge in [0.25, 0.3) is 0 Å². The average Bonchev–Trinajstić information content (AvgIpc) is 2.29. The minimum absolute atomic E-state index is 0.206. The van der Waals surface area contributed by atoms with E-state index in [1.165, 1.54) is 13.8 Å². The van der Waals surface area contributed by atoms with E-state index in [2.05, 4.69) is 12.2 Å². The molecule has 0 bridgehead atoms. The van der Waals surface area contributed by atoms with Crippen molar-refractivity contribution in [2.75, 3.05) is 13.2 Å². The predicted molar refractivity (Wildman–Crippen MR) is 70.1 cm³/mol. The maximum absolute atomic E-state index is 10.5. The van der Waals surface area contributed by atoms with Crippen LogP contribution in [0.4, 0.5) is 0 Å². The first-order chi connectivity index (χ1) is 8.63. The first-order valence-corrected chi connectivity index (χ1v) is 6.54. The van der Waals surface area contributed by atoms with Crippen LogP contribution in [0, 0.1) is 0 Å². The number of carbonyl (C=O) groups excluding carboxylic acids is 2. The molecule has 0 heterocycles. The smallest absolute Gasteiger partial charge is 0.302 e. The van der Waals surface area contributed by atoms with Gasteiger partial charge in [-0.3, -0.25) is 9.59 Å². The zero-order valence-corrected chi connectivity index (χ0v) is 11.4. The Bertz CT molecular complexity index is 259. The molecule has 0 saturated carbocycles. The number of ether oxygens (including phenoxy) is 2. The van der Waals surface area contributed by atoms with E-state index in [4.69, 9.17) is 9.47 Å². The number of rotatable bonds is 10. The number of hydrogen-bond donors (Lipinski definition) is 0. The zero-order valence-electron chi connectivity index (χ0n) is 11.4. The Kier molecular flexibility index (Phi) is 11.3. The number of unbranched alkanes of at least 4 members (excludes halogenated alkanes) is 4. The van der Waals surface area contributed by atoms with Crippen LogP contribution in [0.3, 0.4) is 0 Å². The normalized spacial score (nSPS) is 10.6. The highest BCUT2D eigenvalue weighted by Gasteiger charge is 1.92. The molecule has 4 heteroatoms. The van der Waals surface area contributed by atoms with Crippen molar-refractivity contribution in [2.45, 2.75) is 52.4 Å². The molecule has 0 N–H and O–H groups in total. The molecule has 0 radical (unpaired) electrons. The Morgan fingerprint density at radius 1 is 0.778 bits per heavy atom. The topological polar surface area (TPSA) is 52.6 Å². The van der Waals surface area contributed by atoms with Crippen molar-refractivity contribution in [2.24, 2.45) is 0 Å². The summed E-state index contributed by atoms with van der Waals surface area (Å²) in [6.45, 7) is 3.88. The third-order valence-corrected chi connectivity index (χ3v) is 2.31. The van der Waals surface area contributed by atoms with Crippen LogP contribution in [-0.4, -0.2) is 25.2 Å². The van der Waals surface area contributed by atoms with Crippen LogP contribution in [0.2, 0.25) is 0 Å². The number of carbonyl (C=O) groups is 2. The quantitative estimate of drug-likeness (QED) is 0.342. The second kappa shape index (κ2) is 12.1. The van der Waals surface area contributed by atoms with E-state index >= 15 is 0 Å². The monoisotopic (exact) mass is 256 g/mol. The van der Waals surface area contributed by atoms with Gasteiger partial charge >= 0.3 is 11.9 Å². The molecule has 0 fully saturated rings. The summed E-state index contributed by atoms with van der Waals surface area (Å²) in [5.74, 6) is -0.422. The summed E-state index contributed by atoms with van der Waals surface area (Å²) in [5.41, 5.74) is 0. The van der Waals surface area contributed by atoms with Gasteiger partial charge in [0.05, 0.1) is 13.2 Å². The van der Waals surface area contributed by atoms with Gasteiger partial charge in [-0.25, -0.2) is 0 Å². The lowest BCUT2D eigenvalue weighted by molar-refractivity contribution is -0.142. The Labute approximate surface area is 109 Å². The molecule has 0 rings (SSSR count). The summed E-state index contributed by atoms with van der Waals surface area (Å²) in [4.78, 5) is 21.0. The van der Waals surface area contributed by atoms with Gasteiger partial charge in [-0.15, -0.1) is 0 Å². The number of allylic oxidation sites excluding steroid dienone is 2. The third-order valence-electron chi connectivity index (χ3n) is 2.31. The lowest BCUT2D eigenvalue weighted by Crippen LogP contribution is -2.00. The molecule has 0 saturated heterocycles. The summed E-state index contributed by atoms with van der Waals surface area (Å²) in [5, 5.41) is 0. The van der Waals surface area contributed by atoms with Crippen molar-refractivity contribution in [3.63, 3.8) is 0 Å². The van der Waals surface area contributed by atoms with E-state index in [9.17, 15) is 9.59 Å². The second-order valence-electron chi connectivity index (χ2n) is 4.14. The summed E-state index contributed by atoms with van der Waals surface area (Å²) in [6, 6.07) is 0. The summed E-state index contributed by atoms with van der Waals surface area (Å²) < 4.78 is 9.65. The molecule has 0 atom stereocenters. The Morgan fingerprint density at radius 2 is 1.28 bits per heavy atom. The van der Waals surface area contributed by atoms with E-state index in [0.717, 1.165) is 38.5 Å². The van der Waals surface area contributed by atoms with Crippen LogP contribution < -0.4 is 0 Å². The molecule has 0 aromatic carbocycles. The van der Waals surface area contributed by atoms with E-state index in [1.54, 1.807) is 0 Å². The van der Waals surface area contributed by atoms with E-state index in [0.29, 0.717) is 13.2 Å². The van der Waals surface area contributed by atoms with Gasteiger partial charge in [0.15, 0.2) is 0 Å². The number of hydrogen-bond acceptors (Lipinski definition) is 4. The maximum atomic E-state index is 10.5. The van der Waals surface area contributed by atoms with Crippen molar-refractivity contribution < 1.29 is 19.1 Å². The van der Waals surface area contributed by atoms with Gasteiger partial charge < -0.3 is 9.47 Å². The van der Waals surface area contributed by atoms with Crippen molar-refractivity contribution in [3.05, 3.63) is 12.2 Å². The number of esters is 2. The molecule has 0 aliphatic rings. The molecular formula is C14H24O4. The molecule has 0 amide bonds. The first-order valence-electron chi connectivity index (χ1n) is 6.54. The lowest BCUT2D eigenvalue weighted by atomic mass is 10.2. The van der Waals surface area contributed by atoms with E-state index in [1.807, 2.05) is 0 Å². The highest BCUT2D eigenvalue weighted by Crippen LogP contribution is 2.02. The standard InChI is InChI=1S/C14H24O4/c1-13(15)17-11-9-7-5-3-4-6-8-10-12-18-14(2)16/h3,5H,4,6-12H2,1-2H3/b5-3-. The van der Waals surface area contributed by atoms with Gasteiger partial charge in [-0.05, 0) is 38.5 Å². The molecule has 0 aliphatic carbocycles. The highest BCUT2D eigenvalue weighted by molar-refractivity contribution is 5.66. The summed E-state index contributed by atoms with van der Waals surface area (Å²) in [6.07, 6.45) is 10.3. The fraction of sp³-hybridized carbons (Fsp3) is 0.714. The highest BCUT2D eigenvalue weighted by atomic mass is 16.5. The van der Waals surface area contributed by atoms with Crippen molar-refractivity contribution >= 4 is 11.9 Å². The molecule has 0 aromatic rings. The van der Waals surface area contributed by atoms with Gasteiger partial charge in [0.2, 0.25) is 0 Å². The fourth-order valence-electron chi connectivity index (χ4n) is 1.41. The minimum Gasteiger partial charge on any atom is -0.466 e. The molecule has 104 valence electrons. The van der Waals surface area contributed by atoms with E-state index in [-0.39, 0.29) is 11.9 Å². The summed E-state index contributed by atoms with van der Waals surface area (Å²) in [7, 11) is 0. The minimum atomic E-state index is -0.216. The Hall–Kier alpha value is -1.32. The van der Waals surface area contributed by atoms with Gasteiger partial charge in [-0.2, -0.15) is 0 Å². The molecule has 0 aromatic heterocycles. The zero-order chi connectivity index (χ0) is 13.6. The van der Waals surface area contributed by atoms with Crippen LogP contribution in [0.1, 0.15) is 52.4 Å². The average molecular weight is 256 g/mol. The lowest BCUT2D eigenvalue weighted by Gasteiger charge is -2.00. The van der Waals surface area contributed by atoms with E-state index < -0.39 is 0 Å². The Morgan fingerprint density at radius 3 is 1.83 bits per heavy atom.